The standard InChI is InChI=1S/C50H30O/c1-2-12-31(13-3-1)34-20-10-21-36-37-22-11-23-40(39(37)28-27-38(34)36)49-43-18-8-6-16-41(43)48(42-17-7-9-19-44(42)49)33-25-29-47-46(30-33)45-26-24-32-14-4-5-15-35(32)50(45)51-47/h1-30H. The Balaban J connectivity index is 1.18. The van der Waals surface area contributed by atoms with Crippen molar-refractivity contribution < 1.29 is 4.42 Å². The first-order valence-corrected chi connectivity index (χ1v) is 17.6. The second-order valence-corrected chi connectivity index (χ2v) is 13.6. The summed E-state index contributed by atoms with van der Waals surface area (Å²) in [6, 6.07) is 66.3. The third-order valence-corrected chi connectivity index (χ3v) is 10.9. The van der Waals surface area contributed by atoms with Crippen LogP contribution in [0.2, 0.25) is 0 Å². The minimum atomic E-state index is 0.911. The summed E-state index contributed by atoms with van der Waals surface area (Å²) in [5, 5.41) is 14.7. The molecule has 1 aromatic heterocycles. The average molecular weight is 647 g/mol. The van der Waals surface area contributed by atoms with Gasteiger partial charge in [0.2, 0.25) is 0 Å². The minimum absolute atomic E-state index is 0.911. The van der Waals surface area contributed by atoms with Crippen LogP contribution in [0.5, 0.6) is 0 Å². The molecule has 1 heterocycles. The molecule has 51 heavy (non-hydrogen) atoms. The van der Waals surface area contributed by atoms with E-state index in [1.54, 1.807) is 0 Å². The zero-order valence-electron chi connectivity index (χ0n) is 27.7. The molecule has 0 amide bonds. The smallest absolute Gasteiger partial charge is 0.143 e. The number of furan rings is 1. The topological polar surface area (TPSA) is 13.1 Å². The first kappa shape index (κ1) is 28.2. The van der Waals surface area contributed by atoms with Gasteiger partial charge in [0.1, 0.15) is 11.2 Å². The van der Waals surface area contributed by atoms with Gasteiger partial charge in [-0.25, -0.2) is 0 Å². The molecule has 11 rings (SSSR count). The van der Waals surface area contributed by atoms with Gasteiger partial charge in [0.25, 0.3) is 0 Å². The van der Waals surface area contributed by atoms with E-state index in [0.29, 0.717) is 0 Å². The van der Waals surface area contributed by atoms with E-state index in [9.17, 15) is 0 Å². The molecular formula is C50H30O. The molecule has 0 aliphatic heterocycles. The molecule has 0 saturated heterocycles. The van der Waals surface area contributed by atoms with E-state index in [1.807, 2.05) is 0 Å². The third-order valence-electron chi connectivity index (χ3n) is 10.9. The van der Waals surface area contributed by atoms with Crippen LogP contribution in [0.3, 0.4) is 0 Å². The van der Waals surface area contributed by atoms with Crippen molar-refractivity contribution in [3.8, 4) is 33.4 Å². The number of rotatable bonds is 3. The average Bonchev–Trinajstić information content (AvgIpc) is 3.58. The first-order chi connectivity index (χ1) is 25.3. The lowest BCUT2D eigenvalue weighted by Gasteiger charge is -2.19. The summed E-state index contributed by atoms with van der Waals surface area (Å²) >= 11 is 0. The zero-order chi connectivity index (χ0) is 33.5. The van der Waals surface area contributed by atoms with Crippen LogP contribution in [0.4, 0.5) is 0 Å². The summed E-state index contributed by atoms with van der Waals surface area (Å²) in [7, 11) is 0. The second-order valence-electron chi connectivity index (χ2n) is 13.6. The van der Waals surface area contributed by atoms with Crippen molar-refractivity contribution in [3.63, 3.8) is 0 Å². The molecule has 0 spiro atoms. The summed E-state index contributed by atoms with van der Waals surface area (Å²) in [5.41, 5.74) is 9.32. The number of fused-ring (bicyclic) bond motifs is 10. The van der Waals surface area contributed by atoms with E-state index in [-0.39, 0.29) is 0 Å². The van der Waals surface area contributed by atoms with Gasteiger partial charge in [-0.15, -0.1) is 0 Å². The van der Waals surface area contributed by atoms with E-state index in [0.717, 1.165) is 27.3 Å². The van der Waals surface area contributed by atoms with Gasteiger partial charge >= 0.3 is 0 Å². The van der Waals surface area contributed by atoms with Crippen LogP contribution in [0.15, 0.2) is 186 Å². The number of benzene rings is 10. The molecule has 0 fully saturated rings. The maximum Gasteiger partial charge on any atom is 0.143 e. The van der Waals surface area contributed by atoms with Gasteiger partial charge in [-0.3, -0.25) is 0 Å². The Morgan fingerprint density at radius 1 is 0.275 bits per heavy atom. The maximum absolute atomic E-state index is 6.51. The molecule has 0 aliphatic carbocycles. The lowest BCUT2D eigenvalue weighted by Crippen LogP contribution is -1.92. The lowest BCUT2D eigenvalue weighted by atomic mass is 9.84. The molecule has 0 radical (unpaired) electrons. The Kier molecular flexibility index (Phi) is 6.02. The van der Waals surface area contributed by atoms with Crippen molar-refractivity contribution in [2.45, 2.75) is 0 Å². The number of hydrogen-bond acceptors (Lipinski definition) is 1. The molecule has 1 heteroatoms. The SMILES string of the molecule is c1ccc(-c2cccc3c2ccc2c(-c4c5ccccc5c(-c5ccc6oc7c8ccccc8ccc7c6c5)c5ccccc45)cccc23)cc1. The highest BCUT2D eigenvalue weighted by Gasteiger charge is 2.20. The van der Waals surface area contributed by atoms with E-state index in [1.165, 1.54) is 81.9 Å². The molecule has 1 nitrogen and oxygen atoms in total. The molecule has 0 saturated carbocycles. The molecule has 10 aromatic carbocycles. The van der Waals surface area contributed by atoms with Crippen LogP contribution in [0.25, 0.3) is 109 Å². The fourth-order valence-corrected chi connectivity index (χ4v) is 8.60. The van der Waals surface area contributed by atoms with Gasteiger partial charge in [0, 0.05) is 16.2 Å². The monoisotopic (exact) mass is 646 g/mol. The fraction of sp³-hybridized carbons (Fsp3) is 0. The molecule has 236 valence electrons. The van der Waals surface area contributed by atoms with E-state index >= 15 is 0 Å². The Hall–Kier alpha value is -6.70. The van der Waals surface area contributed by atoms with E-state index in [2.05, 4.69) is 182 Å². The summed E-state index contributed by atoms with van der Waals surface area (Å²) in [6.45, 7) is 0. The van der Waals surface area contributed by atoms with Gasteiger partial charge in [-0.2, -0.15) is 0 Å². The maximum atomic E-state index is 6.51. The van der Waals surface area contributed by atoms with Crippen LogP contribution in [-0.4, -0.2) is 0 Å². The van der Waals surface area contributed by atoms with Crippen molar-refractivity contribution >= 4 is 75.8 Å². The minimum Gasteiger partial charge on any atom is -0.455 e. The summed E-state index contributed by atoms with van der Waals surface area (Å²) < 4.78 is 6.51. The zero-order valence-corrected chi connectivity index (χ0v) is 27.7. The van der Waals surface area contributed by atoms with Crippen LogP contribution in [0, 0.1) is 0 Å². The number of hydrogen-bond donors (Lipinski definition) is 0. The molecule has 11 aromatic rings. The van der Waals surface area contributed by atoms with Crippen molar-refractivity contribution in [2.24, 2.45) is 0 Å². The van der Waals surface area contributed by atoms with E-state index in [4.69, 9.17) is 4.42 Å². The third kappa shape index (κ3) is 4.16. The molecule has 0 aliphatic rings. The second kappa shape index (κ2) is 10.9. The predicted molar refractivity (Wildman–Crippen MR) is 218 cm³/mol. The first-order valence-electron chi connectivity index (χ1n) is 17.6. The van der Waals surface area contributed by atoms with Crippen LogP contribution in [0.1, 0.15) is 0 Å². The van der Waals surface area contributed by atoms with Crippen LogP contribution in [-0.2, 0) is 0 Å². The van der Waals surface area contributed by atoms with Crippen molar-refractivity contribution in [2.75, 3.05) is 0 Å². The predicted octanol–water partition coefficient (Wildman–Crippen LogP) is 14.4. The van der Waals surface area contributed by atoms with Crippen molar-refractivity contribution in [3.05, 3.63) is 182 Å². The molecule has 0 unspecified atom stereocenters. The fourth-order valence-electron chi connectivity index (χ4n) is 8.60. The Bertz CT molecular complexity index is 3130. The lowest BCUT2D eigenvalue weighted by molar-refractivity contribution is 0.672. The Labute approximate surface area is 294 Å². The normalized spacial score (nSPS) is 11.9. The quantitative estimate of drug-likeness (QED) is 0.138. The summed E-state index contributed by atoms with van der Waals surface area (Å²) in [4.78, 5) is 0. The highest BCUT2D eigenvalue weighted by molar-refractivity contribution is 6.26. The summed E-state index contributed by atoms with van der Waals surface area (Å²) in [5.74, 6) is 0. The highest BCUT2D eigenvalue weighted by atomic mass is 16.3. The molecule has 0 N–H and O–H groups in total. The van der Waals surface area contributed by atoms with Gasteiger partial charge in [-0.05, 0) is 100 Å². The largest absolute Gasteiger partial charge is 0.455 e. The van der Waals surface area contributed by atoms with Crippen LogP contribution >= 0.6 is 0 Å². The molecule has 0 bridgehead atoms. The Morgan fingerprint density at radius 2 is 0.824 bits per heavy atom. The van der Waals surface area contributed by atoms with Gasteiger partial charge in [0.15, 0.2) is 0 Å². The van der Waals surface area contributed by atoms with Crippen molar-refractivity contribution in [1.29, 1.82) is 0 Å². The Morgan fingerprint density at radius 3 is 1.53 bits per heavy atom. The van der Waals surface area contributed by atoms with Gasteiger partial charge < -0.3 is 4.42 Å². The van der Waals surface area contributed by atoms with Gasteiger partial charge in [0.05, 0.1) is 0 Å². The van der Waals surface area contributed by atoms with Crippen LogP contribution < -0.4 is 0 Å². The molecule has 0 atom stereocenters. The van der Waals surface area contributed by atoms with Gasteiger partial charge in [-0.1, -0.05) is 164 Å². The highest BCUT2D eigenvalue weighted by Crippen LogP contribution is 2.47. The van der Waals surface area contributed by atoms with E-state index < -0.39 is 0 Å². The molecular weight excluding hydrogens is 617 g/mol. The van der Waals surface area contributed by atoms with Crippen molar-refractivity contribution in [1.82, 2.24) is 0 Å². The summed E-state index contributed by atoms with van der Waals surface area (Å²) in [6.07, 6.45) is 0.